The number of ether oxygens (including phenoxy) is 2. The van der Waals surface area contributed by atoms with Gasteiger partial charge in [-0.15, -0.1) is 0 Å². The third kappa shape index (κ3) is 4.79. The van der Waals surface area contributed by atoms with Crippen LogP contribution in [0.4, 0.5) is 4.79 Å². The molecule has 0 spiro atoms. The molecule has 1 aliphatic heterocycles. The Labute approximate surface area is 189 Å². The minimum Gasteiger partial charge on any atom is -0.467 e. The Balaban J connectivity index is 1.55. The summed E-state index contributed by atoms with van der Waals surface area (Å²) in [5, 5.41) is 12.0. The van der Waals surface area contributed by atoms with Crippen LogP contribution in [0.2, 0.25) is 0 Å². The molecule has 2 amide bonds. The van der Waals surface area contributed by atoms with Gasteiger partial charge in [0.05, 0.1) is 29.8 Å². The molecule has 0 saturated carbocycles. The Morgan fingerprint density at radius 1 is 1.12 bits per heavy atom. The first-order chi connectivity index (χ1) is 16.0. The third-order valence-electron chi connectivity index (χ3n) is 4.97. The largest absolute Gasteiger partial charge is 0.467 e. The van der Waals surface area contributed by atoms with Gasteiger partial charge in [0.15, 0.2) is 0 Å². The predicted octanol–water partition coefficient (Wildman–Crippen LogP) is 3.01. The van der Waals surface area contributed by atoms with E-state index in [-0.39, 0.29) is 30.2 Å². The molecule has 10 nitrogen and oxygen atoms in total. The molecule has 10 heteroatoms. The quantitative estimate of drug-likeness (QED) is 0.471. The zero-order valence-corrected chi connectivity index (χ0v) is 18.0. The molecule has 170 valence electrons. The van der Waals surface area contributed by atoms with Crippen molar-refractivity contribution in [3.8, 4) is 11.3 Å². The molecule has 0 radical (unpaired) electrons. The first-order valence-electron chi connectivity index (χ1n) is 10.3. The number of carbonyl (C=O) groups excluding carboxylic acids is 3. The molecule has 1 aliphatic rings. The molecular weight excluding hydrogens is 428 g/mol. The summed E-state index contributed by atoms with van der Waals surface area (Å²) in [6, 6.07) is 11.1. The van der Waals surface area contributed by atoms with Crippen molar-refractivity contribution in [3.05, 3.63) is 77.0 Å². The van der Waals surface area contributed by atoms with Crippen molar-refractivity contribution < 1.29 is 28.3 Å². The number of urea groups is 1. The fourth-order valence-corrected chi connectivity index (χ4v) is 3.36. The van der Waals surface area contributed by atoms with Gasteiger partial charge in [-0.1, -0.05) is 29.8 Å². The van der Waals surface area contributed by atoms with Crippen LogP contribution in [-0.2, 0) is 14.3 Å². The normalized spacial score (nSPS) is 15.6. The van der Waals surface area contributed by atoms with Gasteiger partial charge in [0, 0.05) is 5.56 Å². The number of nitrogens with one attached hydrogen (secondary N) is 3. The van der Waals surface area contributed by atoms with E-state index in [1.54, 1.807) is 25.1 Å². The molecular formula is C23H22N4O6. The van der Waals surface area contributed by atoms with Crippen LogP contribution in [0.5, 0.6) is 0 Å². The van der Waals surface area contributed by atoms with Crippen molar-refractivity contribution in [2.45, 2.75) is 19.9 Å². The predicted molar refractivity (Wildman–Crippen MR) is 116 cm³/mol. The van der Waals surface area contributed by atoms with Gasteiger partial charge in [0.2, 0.25) is 0 Å². The standard InChI is InChI=1S/C23H22N4O6/c1-3-31-22(29)19-17(24-23(30)25-20(19)18-5-4-10-32-18)12-33-21(28)16-11-15(26-27-16)14-8-6-13(2)7-9-14/h4-11,20H,3,12H2,1-2H3,(H,26,27)(H2,24,25,30). The van der Waals surface area contributed by atoms with E-state index >= 15 is 0 Å². The number of H-pyrrole nitrogens is 1. The molecule has 3 heterocycles. The number of amides is 2. The lowest BCUT2D eigenvalue weighted by molar-refractivity contribution is -0.139. The maximum atomic E-state index is 12.6. The number of aromatic nitrogens is 2. The van der Waals surface area contributed by atoms with Gasteiger partial charge in [-0.25, -0.2) is 14.4 Å². The average molecular weight is 450 g/mol. The maximum Gasteiger partial charge on any atom is 0.356 e. The van der Waals surface area contributed by atoms with E-state index in [4.69, 9.17) is 13.9 Å². The second-order valence-electron chi connectivity index (χ2n) is 7.27. The molecule has 0 aliphatic carbocycles. The Morgan fingerprint density at radius 2 is 1.91 bits per heavy atom. The molecule has 0 bridgehead atoms. The molecule has 1 aromatic carbocycles. The summed E-state index contributed by atoms with van der Waals surface area (Å²) in [6.07, 6.45) is 1.43. The fraction of sp³-hybridized carbons (Fsp3) is 0.217. The van der Waals surface area contributed by atoms with Crippen LogP contribution < -0.4 is 10.6 Å². The zero-order chi connectivity index (χ0) is 23.4. The summed E-state index contributed by atoms with van der Waals surface area (Å²) < 4.78 is 15.9. The maximum absolute atomic E-state index is 12.6. The average Bonchev–Trinajstić information content (AvgIpc) is 3.50. The van der Waals surface area contributed by atoms with Crippen LogP contribution in [0.25, 0.3) is 11.3 Å². The highest BCUT2D eigenvalue weighted by Gasteiger charge is 2.35. The van der Waals surface area contributed by atoms with E-state index in [0.29, 0.717) is 11.5 Å². The van der Waals surface area contributed by atoms with Gasteiger partial charge in [0.25, 0.3) is 0 Å². The monoisotopic (exact) mass is 450 g/mol. The molecule has 33 heavy (non-hydrogen) atoms. The van der Waals surface area contributed by atoms with Crippen LogP contribution >= 0.6 is 0 Å². The number of hydrogen-bond donors (Lipinski definition) is 3. The van der Waals surface area contributed by atoms with Gasteiger partial charge in [-0.05, 0) is 32.0 Å². The smallest absolute Gasteiger partial charge is 0.356 e. The van der Waals surface area contributed by atoms with E-state index in [0.717, 1.165) is 11.1 Å². The van der Waals surface area contributed by atoms with Crippen molar-refractivity contribution in [1.29, 1.82) is 0 Å². The van der Waals surface area contributed by atoms with Gasteiger partial charge >= 0.3 is 18.0 Å². The number of aromatic amines is 1. The van der Waals surface area contributed by atoms with E-state index in [9.17, 15) is 14.4 Å². The SMILES string of the molecule is CCOC(=O)C1=C(COC(=O)c2cc(-c3ccc(C)cc3)n[nH]2)NC(=O)NC1c1ccco1. The molecule has 1 unspecified atom stereocenters. The van der Waals surface area contributed by atoms with Crippen molar-refractivity contribution in [1.82, 2.24) is 20.8 Å². The van der Waals surface area contributed by atoms with Gasteiger partial charge in [0.1, 0.15) is 24.1 Å². The second-order valence-corrected chi connectivity index (χ2v) is 7.27. The number of furan rings is 1. The van der Waals surface area contributed by atoms with Crippen molar-refractivity contribution in [2.24, 2.45) is 0 Å². The first-order valence-corrected chi connectivity index (χ1v) is 10.3. The number of aryl methyl sites for hydroxylation is 1. The minimum absolute atomic E-state index is 0.0872. The van der Waals surface area contributed by atoms with E-state index in [1.165, 1.54) is 6.26 Å². The molecule has 1 atom stereocenters. The lowest BCUT2D eigenvalue weighted by atomic mass is 10.0. The molecule has 3 N–H and O–H groups in total. The van der Waals surface area contributed by atoms with Gasteiger partial charge in [-0.3, -0.25) is 5.10 Å². The number of esters is 2. The Morgan fingerprint density at radius 3 is 2.61 bits per heavy atom. The topological polar surface area (TPSA) is 136 Å². The first kappa shape index (κ1) is 21.9. The Hall–Kier alpha value is -4.34. The summed E-state index contributed by atoms with van der Waals surface area (Å²) in [5.41, 5.74) is 2.86. The van der Waals surface area contributed by atoms with Crippen molar-refractivity contribution >= 4 is 18.0 Å². The number of rotatable bonds is 7. The molecule has 3 aromatic rings. The molecule has 2 aromatic heterocycles. The van der Waals surface area contributed by atoms with Crippen LogP contribution in [0, 0.1) is 6.92 Å². The number of nitrogens with zero attached hydrogens (tertiary/aromatic N) is 1. The second kappa shape index (κ2) is 9.43. The van der Waals surface area contributed by atoms with Gasteiger partial charge < -0.3 is 24.5 Å². The van der Waals surface area contributed by atoms with Crippen LogP contribution in [0.3, 0.4) is 0 Å². The lowest BCUT2D eigenvalue weighted by Crippen LogP contribution is -2.47. The zero-order valence-electron chi connectivity index (χ0n) is 18.0. The number of benzene rings is 1. The van der Waals surface area contributed by atoms with E-state index in [1.807, 2.05) is 31.2 Å². The summed E-state index contributed by atoms with van der Waals surface area (Å²) in [5.74, 6) is -1.02. The summed E-state index contributed by atoms with van der Waals surface area (Å²) in [4.78, 5) is 37.4. The van der Waals surface area contributed by atoms with E-state index < -0.39 is 24.0 Å². The Bertz CT molecular complexity index is 1190. The third-order valence-corrected chi connectivity index (χ3v) is 4.97. The van der Waals surface area contributed by atoms with Crippen LogP contribution in [0.1, 0.15) is 34.8 Å². The number of carbonyl (C=O) groups is 3. The fourth-order valence-electron chi connectivity index (χ4n) is 3.36. The lowest BCUT2D eigenvalue weighted by Gasteiger charge is -2.27. The molecule has 0 fully saturated rings. The summed E-state index contributed by atoms with van der Waals surface area (Å²) in [6.45, 7) is 3.41. The summed E-state index contributed by atoms with van der Waals surface area (Å²) >= 11 is 0. The highest BCUT2D eigenvalue weighted by Crippen LogP contribution is 2.28. The van der Waals surface area contributed by atoms with Crippen LogP contribution in [-0.4, -0.2) is 41.4 Å². The van der Waals surface area contributed by atoms with Crippen molar-refractivity contribution in [2.75, 3.05) is 13.2 Å². The molecule has 4 rings (SSSR count). The highest BCUT2D eigenvalue weighted by atomic mass is 16.5. The van der Waals surface area contributed by atoms with Crippen LogP contribution in [0.15, 0.2) is 64.4 Å². The van der Waals surface area contributed by atoms with E-state index in [2.05, 4.69) is 20.8 Å². The van der Waals surface area contributed by atoms with Gasteiger partial charge in [-0.2, -0.15) is 5.10 Å². The highest BCUT2D eigenvalue weighted by molar-refractivity contribution is 5.95. The number of hydrogen-bond acceptors (Lipinski definition) is 7. The minimum atomic E-state index is -0.887. The summed E-state index contributed by atoms with van der Waals surface area (Å²) in [7, 11) is 0. The molecule has 0 saturated heterocycles. The van der Waals surface area contributed by atoms with Crippen molar-refractivity contribution in [3.63, 3.8) is 0 Å². The Kier molecular flexibility index (Phi) is 6.25.